The number of aryl methyl sites for hydroxylation is 1. The number of phenols is 1. The first-order chi connectivity index (χ1) is 9.52. The molecule has 0 bridgehead atoms. The van der Waals surface area contributed by atoms with E-state index >= 15 is 0 Å². The Morgan fingerprint density at radius 1 is 1.25 bits per heavy atom. The molecule has 104 valence electrons. The van der Waals surface area contributed by atoms with Gasteiger partial charge in [-0.2, -0.15) is 0 Å². The van der Waals surface area contributed by atoms with Crippen molar-refractivity contribution in [3.8, 4) is 5.75 Å². The Labute approximate surface area is 117 Å². The van der Waals surface area contributed by atoms with Crippen LogP contribution in [0.1, 0.15) is 22.8 Å². The number of carbonyl (C=O) groups excluding carboxylic acids is 1. The Bertz CT molecular complexity index is 640. The molecule has 2 aromatic carbocycles. The molecule has 4 heteroatoms. The summed E-state index contributed by atoms with van der Waals surface area (Å²) in [6.07, 6.45) is 0. The minimum atomic E-state index is -0.379. The highest BCUT2D eigenvalue weighted by atomic mass is 19.1. The third-order valence-electron chi connectivity index (χ3n) is 3.12. The number of benzene rings is 2. The molecule has 0 radical (unpaired) electrons. The Kier molecular flexibility index (Phi) is 4.03. The van der Waals surface area contributed by atoms with E-state index in [1.54, 1.807) is 31.2 Å². The van der Waals surface area contributed by atoms with Crippen LogP contribution in [0.5, 0.6) is 5.75 Å². The van der Waals surface area contributed by atoms with Crippen molar-refractivity contribution in [1.29, 1.82) is 0 Å². The summed E-state index contributed by atoms with van der Waals surface area (Å²) < 4.78 is 13.3. The van der Waals surface area contributed by atoms with Crippen molar-refractivity contribution in [3.05, 3.63) is 59.4 Å². The fourth-order valence-corrected chi connectivity index (χ4v) is 2.03. The average molecular weight is 273 g/mol. The number of phenolic OH excluding ortho intramolecular Hbond substituents is 1. The fraction of sp³-hybridized carbons (Fsp3) is 0.188. The molecule has 0 spiro atoms. The lowest BCUT2D eigenvalue weighted by atomic mass is 10.1. The summed E-state index contributed by atoms with van der Waals surface area (Å²) in [6.45, 7) is 3.99. The van der Waals surface area contributed by atoms with Crippen molar-refractivity contribution < 1.29 is 14.3 Å². The lowest BCUT2D eigenvalue weighted by molar-refractivity contribution is 0.0988. The Morgan fingerprint density at radius 3 is 2.60 bits per heavy atom. The van der Waals surface area contributed by atoms with Crippen molar-refractivity contribution in [3.63, 3.8) is 0 Å². The smallest absolute Gasteiger partial charge is 0.258 e. The van der Waals surface area contributed by atoms with Gasteiger partial charge in [0.15, 0.2) is 0 Å². The predicted molar refractivity (Wildman–Crippen MR) is 76.6 cm³/mol. The van der Waals surface area contributed by atoms with E-state index in [0.717, 1.165) is 0 Å². The van der Waals surface area contributed by atoms with Crippen molar-refractivity contribution in [2.24, 2.45) is 0 Å². The summed E-state index contributed by atoms with van der Waals surface area (Å²) in [5.41, 5.74) is 1.61. The van der Waals surface area contributed by atoms with Gasteiger partial charge in [0.05, 0.1) is 0 Å². The minimum Gasteiger partial charge on any atom is -0.508 e. The van der Waals surface area contributed by atoms with Crippen LogP contribution in [-0.4, -0.2) is 17.6 Å². The predicted octanol–water partition coefficient (Wildman–Crippen LogP) is 3.51. The molecule has 0 aliphatic heterocycles. The zero-order valence-corrected chi connectivity index (χ0v) is 11.4. The van der Waals surface area contributed by atoms with Gasteiger partial charge in [0.1, 0.15) is 11.6 Å². The molecule has 1 N–H and O–H groups in total. The van der Waals surface area contributed by atoms with Crippen molar-refractivity contribution in [1.82, 2.24) is 0 Å². The molecule has 0 heterocycles. The van der Waals surface area contributed by atoms with Gasteiger partial charge in [-0.3, -0.25) is 4.79 Å². The van der Waals surface area contributed by atoms with Gasteiger partial charge in [0.25, 0.3) is 5.91 Å². The quantitative estimate of drug-likeness (QED) is 0.929. The van der Waals surface area contributed by atoms with Crippen molar-refractivity contribution in [2.45, 2.75) is 13.8 Å². The molecule has 0 saturated carbocycles. The van der Waals surface area contributed by atoms with E-state index in [1.807, 2.05) is 6.92 Å². The normalized spacial score (nSPS) is 10.3. The third-order valence-corrected chi connectivity index (χ3v) is 3.12. The van der Waals surface area contributed by atoms with Gasteiger partial charge in [0.2, 0.25) is 0 Å². The molecule has 3 nitrogen and oxygen atoms in total. The van der Waals surface area contributed by atoms with Crippen LogP contribution in [0.4, 0.5) is 10.1 Å². The van der Waals surface area contributed by atoms with E-state index in [-0.39, 0.29) is 17.5 Å². The van der Waals surface area contributed by atoms with Crippen LogP contribution in [-0.2, 0) is 0 Å². The van der Waals surface area contributed by atoms with E-state index in [4.69, 9.17) is 0 Å². The van der Waals surface area contributed by atoms with Gasteiger partial charge in [0, 0.05) is 17.8 Å². The van der Waals surface area contributed by atoms with Crippen LogP contribution in [0, 0.1) is 12.7 Å². The number of halogens is 1. The van der Waals surface area contributed by atoms with E-state index in [0.29, 0.717) is 23.4 Å². The topological polar surface area (TPSA) is 40.5 Å². The summed E-state index contributed by atoms with van der Waals surface area (Å²) in [6, 6.07) is 10.6. The number of hydrogen-bond acceptors (Lipinski definition) is 2. The zero-order valence-electron chi connectivity index (χ0n) is 11.4. The highest BCUT2D eigenvalue weighted by molar-refractivity contribution is 6.06. The lowest BCUT2D eigenvalue weighted by Crippen LogP contribution is -2.30. The summed E-state index contributed by atoms with van der Waals surface area (Å²) >= 11 is 0. The van der Waals surface area contributed by atoms with E-state index in [9.17, 15) is 14.3 Å². The largest absolute Gasteiger partial charge is 0.508 e. The molecule has 0 saturated heterocycles. The Balaban J connectivity index is 2.36. The molecule has 0 aromatic heterocycles. The lowest BCUT2D eigenvalue weighted by Gasteiger charge is -2.21. The second-order valence-corrected chi connectivity index (χ2v) is 4.53. The number of aromatic hydroxyl groups is 1. The number of amides is 1. The number of anilines is 1. The summed E-state index contributed by atoms with van der Waals surface area (Å²) in [5.74, 6) is -0.452. The summed E-state index contributed by atoms with van der Waals surface area (Å²) in [4.78, 5) is 14.0. The minimum absolute atomic E-state index is 0.148. The number of nitrogens with zero attached hydrogens (tertiary/aromatic N) is 1. The summed E-state index contributed by atoms with van der Waals surface area (Å²) in [7, 11) is 0. The van der Waals surface area contributed by atoms with Gasteiger partial charge >= 0.3 is 0 Å². The highest BCUT2D eigenvalue weighted by Crippen LogP contribution is 2.21. The fourth-order valence-electron chi connectivity index (χ4n) is 2.03. The second-order valence-electron chi connectivity index (χ2n) is 4.53. The summed E-state index contributed by atoms with van der Waals surface area (Å²) in [5, 5.41) is 9.50. The molecular formula is C16H16FNO2. The third kappa shape index (κ3) is 2.79. The maximum Gasteiger partial charge on any atom is 0.258 e. The molecule has 2 rings (SSSR count). The first kappa shape index (κ1) is 14.1. The highest BCUT2D eigenvalue weighted by Gasteiger charge is 2.17. The van der Waals surface area contributed by atoms with E-state index < -0.39 is 0 Å². The Morgan fingerprint density at radius 2 is 2.00 bits per heavy atom. The first-order valence-electron chi connectivity index (χ1n) is 6.40. The molecule has 0 fully saturated rings. The molecule has 0 atom stereocenters. The zero-order chi connectivity index (χ0) is 14.7. The molecule has 20 heavy (non-hydrogen) atoms. The number of carbonyl (C=O) groups is 1. The van der Waals surface area contributed by atoms with Crippen LogP contribution in [0.3, 0.4) is 0 Å². The standard InChI is InChI=1S/C16H16FNO2/c1-3-18(14-6-4-5-13(17)10-14)16(20)12-7-8-15(19)11(2)9-12/h4-10,19H,3H2,1-2H3. The van der Waals surface area contributed by atoms with E-state index in [2.05, 4.69) is 0 Å². The number of hydrogen-bond donors (Lipinski definition) is 1. The average Bonchev–Trinajstić information content (AvgIpc) is 2.42. The maximum absolute atomic E-state index is 13.3. The van der Waals surface area contributed by atoms with Crippen molar-refractivity contribution >= 4 is 11.6 Å². The molecule has 2 aromatic rings. The van der Waals surface area contributed by atoms with Gasteiger partial charge in [-0.25, -0.2) is 4.39 Å². The van der Waals surface area contributed by atoms with Gasteiger partial charge in [-0.05, 0) is 55.8 Å². The molecule has 0 aliphatic carbocycles. The Hall–Kier alpha value is -2.36. The second kappa shape index (κ2) is 5.74. The van der Waals surface area contributed by atoms with Gasteiger partial charge in [-0.1, -0.05) is 6.07 Å². The van der Waals surface area contributed by atoms with E-state index in [1.165, 1.54) is 23.1 Å². The van der Waals surface area contributed by atoms with Crippen LogP contribution in [0.2, 0.25) is 0 Å². The van der Waals surface area contributed by atoms with Crippen molar-refractivity contribution in [2.75, 3.05) is 11.4 Å². The molecular weight excluding hydrogens is 257 g/mol. The van der Waals surface area contributed by atoms with Gasteiger partial charge in [-0.15, -0.1) is 0 Å². The molecule has 0 unspecified atom stereocenters. The molecule has 1 amide bonds. The maximum atomic E-state index is 13.3. The SMILES string of the molecule is CCN(C(=O)c1ccc(O)c(C)c1)c1cccc(F)c1. The van der Waals surface area contributed by atoms with Crippen LogP contribution >= 0.6 is 0 Å². The van der Waals surface area contributed by atoms with Crippen LogP contribution in [0.15, 0.2) is 42.5 Å². The van der Waals surface area contributed by atoms with Gasteiger partial charge < -0.3 is 10.0 Å². The first-order valence-corrected chi connectivity index (χ1v) is 6.40. The number of rotatable bonds is 3. The molecule has 0 aliphatic rings. The van der Waals surface area contributed by atoms with Crippen LogP contribution in [0.25, 0.3) is 0 Å². The van der Waals surface area contributed by atoms with Crippen LogP contribution < -0.4 is 4.90 Å². The monoisotopic (exact) mass is 273 g/mol.